The van der Waals surface area contributed by atoms with Crippen molar-refractivity contribution in [1.29, 1.82) is 0 Å². The molecule has 39 heavy (non-hydrogen) atoms. The number of para-hydroxylation sites is 1. The van der Waals surface area contributed by atoms with E-state index in [4.69, 9.17) is 14.6 Å². The molecule has 5 aromatic rings. The van der Waals surface area contributed by atoms with Crippen LogP contribution >= 0.6 is 0 Å². The second-order valence-corrected chi connectivity index (χ2v) is 9.59. The predicted molar refractivity (Wildman–Crippen MR) is 148 cm³/mol. The number of ether oxygens (including phenoxy) is 2. The third kappa shape index (κ3) is 3.92. The van der Waals surface area contributed by atoms with Crippen molar-refractivity contribution in [3.8, 4) is 23.0 Å². The molecular weight excluding hydrogens is 490 g/mol. The molecule has 0 spiro atoms. The molecular formula is C31H27N5O3. The Labute approximate surface area is 226 Å². The fraction of sp³-hybridized carbons (Fsp3) is 0.161. The van der Waals surface area contributed by atoms with Gasteiger partial charge in [-0.2, -0.15) is 5.10 Å². The molecule has 1 atom stereocenters. The Morgan fingerprint density at radius 3 is 2.51 bits per heavy atom. The van der Waals surface area contributed by atoms with Gasteiger partial charge in [0, 0.05) is 23.5 Å². The van der Waals surface area contributed by atoms with E-state index in [1.165, 1.54) is 0 Å². The van der Waals surface area contributed by atoms with Gasteiger partial charge in [-0.25, -0.2) is 9.48 Å². The van der Waals surface area contributed by atoms with E-state index < -0.39 is 0 Å². The van der Waals surface area contributed by atoms with Crippen LogP contribution in [0.4, 0.5) is 10.5 Å². The molecule has 3 aromatic carbocycles. The van der Waals surface area contributed by atoms with Gasteiger partial charge in [0.1, 0.15) is 5.82 Å². The topological polar surface area (TPSA) is 73.6 Å². The molecule has 2 aliphatic rings. The van der Waals surface area contributed by atoms with Gasteiger partial charge in [0.25, 0.3) is 0 Å². The van der Waals surface area contributed by atoms with E-state index in [0.29, 0.717) is 23.7 Å². The number of urea groups is 1. The Balaban J connectivity index is 1.38. The zero-order valence-corrected chi connectivity index (χ0v) is 21.4. The number of anilines is 1. The molecule has 2 amide bonds. The second kappa shape index (κ2) is 9.40. The Hall–Kier alpha value is -4.98. The molecule has 0 bridgehead atoms. The molecule has 0 saturated heterocycles. The van der Waals surface area contributed by atoms with Gasteiger partial charge >= 0.3 is 6.03 Å². The number of nitrogens with one attached hydrogen (secondary N) is 1. The van der Waals surface area contributed by atoms with Crippen LogP contribution in [-0.2, 0) is 13.0 Å². The SMILES string of the molecule is CCc1nn(-c2ccccc2)c2c1CN(C(=O)Nc1ccc3c(c1)OCO3)C(c1ccccc1)c1cccn1-2. The van der Waals surface area contributed by atoms with Gasteiger partial charge in [-0.1, -0.05) is 55.5 Å². The lowest BCUT2D eigenvalue weighted by molar-refractivity contribution is 0.174. The molecule has 2 aromatic heterocycles. The van der Waals surface area contributed by atoms with Gasteiger partial charge in [0.05, 0.1) is 29.7 Å². The van der Waals surface area contributed by atoms with Crippen molar-refractivity contribution in [2.75, 3.05) is 12.1 Å². The summed E-state index contributed by atoms with van der Waals surface area (Å²) in [7, 11) is 0. The summed E-state index contributed by atoms with van der Waals surface area (Å²) in [6.45, 7) is 2.67. The Bertz CT molecular complexity index is 1660. The van der Waals surface area contributed by atoms with Crippen LogP contribution in [-0.4, -0.2) is 32.1 Å². The molecule has 0 saturated carbocycles. The number of fused-ring (bicyclic) bond motifs is 4. The van der Waals surface area contributed by atoms with Gasteiger partial charge in [0.15, 0.2) is 11.5 Å². The first kappa shape index (κ1) is 23.2. The number of nitrogens with zero attached hydrogens (tertiary/aromatic N) is 4. The van der Waals surface area contributed by atoms with Crippen LogP contribution in [0.5, 0.6) is 11.5 Å². The average molecular weight is 518 g/mol. The van der Waals surface area contributed by atoms with Crippen molar-refractivity contribution in [3.63, 3.8) is 0 Å². The van der Waals surface area contributed by atoms with E-state index in [-0.39, 0.29) is 18.9 Å². The number of aryl methyl sites for hydroxylation is 1. The maximum atomic E-state index is 14.1. The van der Waals surface area contributed by atoms with Crippen molar-refractivity contribution < 1.29 is 14.3 Å². The summed E-state index contributed by atoms with van der Waals surface area (Å²) in [6.07, 6.45) is 2.80. The van der Waals surface area contributed by atoms with E-state index >= 15 is 0 Å². The van der Waals surface area contributed by atoms with Gasteiger partial charge in [0.2, 0.25) is 6.79 Å². The highest BCUT2D eigenvalue weighted by atomic mass is 16.7. The van der Waals surface area contributed by atoms with Crippen LogP contribution in [0, 0.1) is 0 Å². The number of hydrogen-bond donors (Lipinski definition) is 1. The minimum Gasteiger partial charge on any atom is -0.454 e. The lowest BCUT2D eigenvalue weighted by Gasteiger charge is -2.31. The van der Waals surface area contributed by atoms with Crippen molar-refractivity contribution in [3.05, 3.63) is 120 Å². The lowest BCUT2D eigenvalue weighted by Crippen LogP contribution is -2.38. The summed E-state index contributed by atoms with van der Waals surface area (Å²) in [5.41, 5.74) is 5.62. The number of carbonyl (C=O) groups is 1. The largest absolute Gasteiger partial charge is 0.454 e. The summed E-state index contributed by atoms with van der Waals surface area (Å²) >= 11 is 0. The molecule has 1 unspecified atom stereocenters. The summed E-state index contributed by atoms with van der Waals surface area (Å²) in [4.78, 5) is 16.0. The zero-order chi connectivity index (χ0) is 26.3. The second-order valence-electron chi connectivity index (χ2n) is 9.59. The smallest absolute Gasteiger partial charge is 0.322 e. The maximum absolute atomic E-state index is 14.1. The van der Waals surface area contributed by atoms with Crippen LogP contribution in [0.3, 0.4) is 0 Å². The number of carbonyl (C=O) groups excluding carboxylic acids is 1. The minimum atomic E-state index is -0.323. The normalized spacial score (nSPS) is 15.4. The first-order valence-electron chi connectivity index (χ1n) is 13.1. The third-order valence-electron chi connectivity index (χ3n) is 7.30. The van der Waals surface area contributed by atoms with Crippen LogP contribution in [0.1, 0.15) is 35.5 Å². The van der Waals surface area contributed by atoms with Crippen LogP contribution in [0.2, 0.25) is 0 Å². The van der Waals surface area contributed by atoms with Crippen molar-refractivity contribution in [2.24, 2.45) is 0 Å². The molecule has 0 radical (unpaired) electrons. The van der Waals surface area contributed by atoms with Crippen LogP contribution in [0.15, 0.2) is 97.2 Å². The van der Waals surface area contributed by atoms with Gasteiger partial charge in [-0.3, -0.25) is 0 Å². The van der Waals surface area contributed by atoms with Crippen molar-refractivity contribution in [2.45, 2.75) is 25.9 Å². The third-order valence-corrected chi connectivity index (χ3v) is 7.30. The van der Waals surface area contributed by atoms with E-state index in [0.717, 1.165) is 40.4 Å². The highest BCUT2D eigenvalue weighted by Gasteiger charge is 2.36. The first-order valence-corrected chi connectivity index (χ1v) is 13.1. The Morgan fingerprint density at radius 2 is 1.72 bits per heavy atom. The summed E-state index contributed by atoms with van der Waals surface area (Å²) in [5.74, 6) is 2.25. The molecule has 4 heterocycles. The summed E-state index contributed by atoms with van der Waals surface area (Å²) in [5, 5.41) is 8.14. The molecule has 8 nitrogen and oxygen atoms in total. The first-order chi connectivity index (χ1) is 19.2. The standard InChI is InChI=1S/C31H27N5O3/c1-2-25-24-19-35(31(37)32-22-15-16-27-28(18-22)39-20-38-27)29(21-10-5-3-6-11-21)26-14-9-17-34(26)30(24)36(33-25)23-12-7-4-8-13-23/h3-18,29H,2,19-20H2,1H3,(H,32,37). The highest BCUT2D eigenvalue weighted by molar-refractivity contribution is 5.90. The monoisotopic (exact) mass is 517 g/mol. The molecule has 2 aliphatic heterocycles. The molecule has 0 aliphatic carbocycles. The van der Waals surface area contributed by atoms with E-state index in [9.17, 15) is 4.79 Å². The van der Waals surface area contributed by atoms with Crippen molar-refractivity contribution in [1.82, 2.24) is 19.2 Å². The lowest BCUT2D eigenvalue weighted by atomic mass is 10.0. The summed E-state index contributed by atoms with van der Waals surface area (Å²) in [6, 6.07) is 29.3. The molecule has 194 valence electrons. The van der Waals surface area contributed by atoms with Gasteiger partial charge in [-0.05, 0) is 48.4 Å². The summed E-state index contributed by atoms with van der Waals surface area (Å²) < 4.78 is 15.2. The fourth-order valence-corrected chi connectivity index (χ4v) is 5.50. The van der Waals surface area contributed by atoms with Crippen LogP contribution in [0.25, 0.3) is 11.5 Å². The molecule has 7 rings (SSSR count). The highest BCUT2D eigenvalue weighted by Crippen LogP contribution is 2.39. The van der Waals surface area contributed by atoms with Gasteiger partial charge in [-0.15, -0.1) is 0 Å². The molecule has 8 heteroatoms. The van der Waals surface area contributed by atoms with Crippen molar-refractivity contribution >= 4 is 11.7 Å². The Kier molecular flexibility index (Phi) is 5.58. The van der Waals surface area contributed by atoms with E-state index in [2.05, 4.69) is 53.3 Å². The number of aromatic nitrogens is 3. The fourth-order valence-electron chi connectivity index (χ4n) is 5.50. The van der Waals surface area contributed by atoms with Crippen LogP contribution < -0.4 is 14.8 Å². The minimum absolute atomic E-state index is 0.180. The predicted octanol–water partition coefficient (Wildman–Crippen LogP) is 6.09. The number of amides is 2. The number of benzene rings is 3. The quantitative estimate of drug-likeness (QED) is 0.313. The molecule has 0 fully saturated rings. The average Bonchev–Trinajstić information content (AvgIpc) is 3.70. The maximum Gasteiger partial charge on any atom is 0.322 e. The van der Waals surface area contributed by atoms with E-state index in [1.54, 1.807) is 6.07 Å². The number of hydrogen-bond acceptors (Lipinski definition) is 4. The zero-order valence-electron chi connectivity index (χ0n) is 21.4. The Morgan fingerprint density at radius 1 is 0.949 bits per heavy atom. The molecule has 1 N–H and O–H groups in total. The van der Waals surface area contributed by atoms with E-state index in [1.807, 2.05) is 64.2 Å². The van der Waals surface area contributed by atoms with Gasteiger partial charge < -0.3 is 24.3 Å². The number of rotatable bonds is 4.